The van der Waals surface area contributed by atoms with Crippen LogP contribution in [0.25, 0.3) is 0 Å². The fraction of sp³-hybridized carbons (Fsp3) is 0.889. The van der Waals surface area contributed by atoms with Gasteiger partial charge in [-0.3, -0.25) is 4.79 Å². The maximum atomic E-state index is 11.3. The minimum atomic E-state index is -0.0602. The lowest BCUT2D eigenvalue weighted by molar-refractivity contribution is -0.125. The zero-order valence-corrected chi connectivity index (χ0v) is 7.76. The Bertz CT molecular complexity index is 177. The number of hydrogen-bond donors (Lipinski definition) is 2. The predicted molar refractivity (Wildman–Crippen MR) is 46.6 cm³/mol. The number of rotatable bonds is 3. The van der Waals surface area contributed by atoms with Gasteiger partial charge in [0.15, 0.2) is 0 Å². The zero-order chi connectivity index (χ0) is 9.19. The maximum absolute atomic E-state index is 11.3. The molecule has 1 heterocycles. The minimum Gasteiger partial charge on any atom is -0.396 e. The van der Waals surface area contributed by atoms with Gasteiger partial charge in [0.1, 0.15) is 0 Å². The van der Waals surface area contributed by atoms with Crippen molar-refractivity contribution in [3.05, 3.63) is 0 Å². The van der Waals surface area contributed by atoms with Gasteiger partial charge in [0, 0.05) is 19.1 Å². The third kappa shape index (κ3) is 1.78. The fourth-order valence-electron chi connectivity index (χ4n) is 1.80. The van der Waals surface area contributed by atoms with Crippen molar-refractivity contribution >= 4 is 5.91 Å². The maximum Gasteiger partial charge on any atom is 0.223 e. The first kappa shape index (κ1) is 9.52. The summed E-state index contributed by atoms with van der Waals surface area (Å²) >= 11 is 0. The lowest BCUT2D eigenvalue weighted by Gasteiger charge is -2.28. The van der Waals surface area contributed by atoms with Gasteiger partial charge in [0.25, 0.3) is 0 Å². The van der Waals surface area contributed by atoms with Crippen molar-refractivity contribution in [2.45, 2.75) is 26.7 Å². The van der Waals surface area contributed by atoms with Gasteiger partial charge in [-0.2, -0.15) is 0 Å². The molecule has 3 nitrogen and oxygen atoms in total. The van der Waals surface area contributed by atoms with Crippen molar-refractivity contribution < 1.29 is 9.90 Å². The lowest BCUT2D eigenvalue weighted by atomic mass is 9.75. The zero-order valence-electron chi connectivity index (χ0n) is 7.76. The van der Waals surface area contributed by atoms with E-state index in [0.29, 0.717) is 6.42 Å². The van der Waals surface area contributed by atoms with Crippen LogP contribution in [0.3, 0.4) is 0 Å². The number of nitrogens with one attached hydrogen (secondary N) is 1. The van der Waals surface area contributed by atoms with Crippen molar-refractivity contribution in [2.24, 2.45) is 11.3 Å². The van der Waals surface area contributed by atoms with Gasteiger partial charge >= 0.3 is 0 Å². The van der Waals surface area contributed by atoms with Crippen molar-refractivity contribution in [1.82, 2.24) is 5.32 Å². The Hall–Kier alpha value is -0.570. The van der Waals surface area contributed by atoms with Gasteiger partial charge < -0.3 is 10.4 Å². The topological polar surface area (TPSA) is 49.3 Å². The molecule has 1 amide bonds. The molecule has 0 radical (unpaired) electrons. The number of carbonyl (C=O) groups excluding carboxylic acids is 1. The van der Waals surface area contributed by atoms with E-state index in [0.717, 1.165) is 13.0 Å². The van der Waals surface area contributed by atoms with E-state index in [4.69, 9.17) is 5.11 Å². The second kappa shape index (κ2) is 3.44. The third-order valence-corrected chi connectivity index (χ3v) is 2.75. The van der Waals surface area contributed by atoms with Crippen LogP contribution < -0.4 is 5.32 Å². The van der Waals surface area contributed by atoms with Crippen LogP contribution in [0.1, 0.15) is 26.7 Å². The highest BCUT2D eigenvalue weighted by atomic mass is 16.3. The van der Waals surface area contributed by atoms with Crippen LogP contribution in [0.15, 0.2) is 0 Å². The number of amides is 1. The van der Waals surface area contributed by atoms with Crippen LogP contribution in [-0.4, -0.2) is 24.2 Å². The van der Waals surface area contributed by atoms with Crippen LogP contribution in [0, 0.1) is 11.3 Å². The van der Waals surface area contributed by atoms with E-state index < -0.39 is 0 Å². The second-order valence-corrected chi connectivity index (χ2v) is 4.09. The molecular formula is C9H17NO2. The van der Waals surface area contributed by atoms with Gasteiger partial charge in [0.05, 0.1) is 0 Å². The Morgan fingerprint density at radius 2 is 2.33 bits per heavy atom. The molecule has 1 saturated heterocycles. The highest BCUT2D eigenvalue weighted by Gasteiger charge is 2.37. The summed E-state index contributed by atoms with van der Waals surface area (Å²) in [5.74, 6) is 0.234. The van der Waals surface area contributed by atoms with Gasteiger partial charge in [-0.15, -0.1) is 0 Å². The average Bonchev–Trinajstić information content (AvgIpc) is 2.35. The van der Waals surface area contributed by atoms with Crippen molar-refractivity contribution in [2.75, 3.05) is 13.2 Å². The van der Waals surface area contributed by atoms with Crippen molar-refractivity contribution in [1.29, 1.82) is 0 Å². The average molecular weight is 171 g/mol. The van der Waals surface area contributed by atoms with E-state index >= 15 is 0 Å². The molecule has 0 aliphatic carbocycles. The molecule has 1 aliphatic rings. The smallest absolute Gasteiger partial charge is 0.223 e. The van der Waals surface area contributed by atoms with Gasteiger partial charge in [-0.05, 0) is 18.3 Å². The van der Waals surface area contributed by atoms with Crippen LogP contribution in [0.5, 0.6) is 0 Å². The summed E-state index contributed by atoms with van der Waals surface area (Å²) in [7, 11) is 0. The standard InChI is InChI=1S/C9H17NO2/c1-9(2,4-6-11)7-3-5-10-8(7)12/h7,11H,3-6H2,1-2H3,(H,10,12). The number of aliphatic hydroxyl groups excluding tert-OH is 1. The molecule has 2 N–H and O–H groups in total. The molecule has 3 heteroatoms. The second-order valence-electron chi connectivity index (χ2n) is 4.09. The van der Waals surface area contributed by atoms with E-state index in [-0.39, 0.29) is 23.8 Å². The van der Waals surface area contributed by atoms with Crippen LogP contribution >= 0.6 is 0 Å². The number of hydrogen-bond acceptors (Lipinski definition) is 2. The normalized spacial score (nSPS) is 24.2. The Morgan fingerprint density at radius 3 is 2.75 bits per heavy atom. The summed E-state index contributed by atoms with van der Waals surface area (Å²) < 4.78 is 0. The molecule has 0 spiro atoms. The van der Waals surface area contributed by atoms with E-state index in [1.54, 1.807) is 0 Å². The highest BCUT2D eigenvalue weighted by Crippen LogP contribution is 2.34. The quantitative estimate of drug-likeness (QED) is 0.650. The largest absolute Gasteiger partial charge is 0.396 e. The van der Waals surface area contributed by atoms with E-state index in [2.05, 4.69) is 5.32 Å². The predicted octanol–water partition coefficient (Wildman–Crippen LogP) is 0.531. The molecule has 0 aromatic carbocycles. The Balaban J connectivity index is 2.60. The monoisotopic (exact) mass is 171 g/mol. The summed E-state index contributed by atoms with van der Waals surface area (Å²) in [6.07, 6.45) is 1.61. The molecule has 0 saturated carbocycles. The molecule has 0 bridgehead atoms. The van der Waals surface area contributed by atoms with Crippen LogP contribution in [0.4, 0.5) is 0 Å². The molecule has 70 valence electrons. The van der Waals surface area contributed by atoms with E-state index in [9.17, 15) is 4.79 Å². The fourth-order valence-corrected chi connectivity index (χ4v) is 1.80. The number of carbonyl (C=O) groups is 1. The van der Waals surface area contributed by atoms with Gasteiger partial charge in [0.2, 0.25) is 5.91 Å². The van der Waals surface area contributed by atoms with Crippen LogP contribution in [0.2, 0.25) is 0 Å². The molecule has 1 aliphatic heterocycles. The SMILES string of the molecule is CC(C)(CCO)C1CCNC1=O. The molecular weight excluding hydrogens is 154 g/mol. The molecule has 1 unspecified atom stereocenters. The van der Waals surface area contributed by atoms with Crippen molar-refractivity contribution in [3.8, 4) is 0 Å². The first-order valence-electron chi connectivity index (χ1n) is 4.46. The molecule has 1 fully saturated rings. The highest BCUT2D eigenvalue weighted by molar-refractivity contribution is 5.81. The number of aliphatic hydroxyl groups is 1. The van der Waals surface area contributed by atoms with E-state index in [1.165, 1.54) is 0 Å². The summed E-state index contributed by atoms with van der Waals surface area (Å²) in [5, 5.41) is 11.6. The molecule has 1 atom stereocenters. The van der Waals surface area contributed by atoms with E-state index in [1.807, 2.05) is 13.8 Å². The van der Waals surface area contributed by atoms with Gasteiger partial charge in [-0.1, -0.05) is 13.8 Å². The van der Waals surface area contributed by atoms with Gasteiger partial charge in [-0.25, -0.2) is 0 Å². The summed E-state index contributed by atoms with van der Waals surface area (Å²) in [6, 6.07) is 0. The molecule has 0 aromatic heterocycles. The molecule has 0 aromatic rings. The molecule has 12 heavy (non-hydrogen) atoms. The summed E-state index contributed by atoms with van der Waals surface area (Å²) in [5.41, 5.74) is -0.0602. The first-order chi connectivity index (χ1) is 5.58. The minimum absolute atomic E-state index is 0.0602. The Labute approximate surface area is 73.2 Å². The molecule has 1 rings (SSSR count). The summed E-state index contributed by atoms with van der Waals surface area (Å²) in [6.45, 7) is 5.03. The van der Waals surface area contributed by atoms with Crippen LogP contribution in [-0.2, 0) is 4.79 Å². The van der Waals surface area contributed by atoms with Crippen molar-refractivity contribution in [3.63, 3.8) is 0 Å². The Kier molecular flexibility index (Phi) is 2.73. The summed E-state index contributed by atoms with van der Waals surface area (Å²) in [4.78, 5) is 11.3. The first-order valence-corrected chi connectivity index (χ1v) is 4.46. The Morgan fingerprint density at radius 1 is 1.67 bits per heavy atom. The third-order valence-electron chi connectivity index (χ3n) is 2.75. The lowest BCUT2D eigenvalue weighted by Crippen LogP contribution is -2.31.